The molecule has 1 fully saturated rings. The fourth-order valence-corrected chi connectivity index (χ4v) is 5.33. The first-order valence-corrected chi connectivity index (χ1v) is 12.4. The van der Waals surface area contributed by atoms with Crippen LogP contribution in [0.25, 0.3) is 11.1 Å². The number of carbonyl (C=O) groups excluding carboxylic acids is 2. The van der Waals surface area contributed by atoms with Crippen LogP contribution in [0.5, 0.6) is 0 Å². The molecule has 0 aromatic heterocycles. The Kier molecular flexibility index (Phi) is 7.73. The summed E-state index contributed by atoms with van der Waals surface area (Å²) in [5, 5.41) is 12.0. The van der Waals surface area contributed by atoms with E-state index in [-0.39, 0.29) is 49.2 Å². The number of rotatable bonds is 9. The zero-order valence-electron chi connectivity index (χ0n) is 20.4. The molecule has 1 unspecified atom stereocenters. The van der Waals surface area contributed by atoms with Gasteiger partial charge in [-0.25, -0.2) is 4.79 Å². The van der Waals surface area contributed by atoms with E-state index < -0.39 is 12.1 Å². The summed E-state index contributed by atoms with van der Waals surface area (Å²) in [6.45, 7) is 5.22. The molecule has 2 aromatic carbocycles. The molecule has 7 nitrogen and oxygen atoms in total. The Hall–Kier alpha value is -3.35. The molecule has 2 aromatic rings. The molecule has 35 heavy (non-hydrogen) atoms. The smallest absolute Gasteiger partial charge is 0.407 e. The number of fused-ring (bicyclic) bond motifs is 3. The van der Waals surface area contributed by atoms with Gasteiger partial charge in [-0.3, -0.25) is 9.59 Å². The Morgan fingerprint density at radius 2 is 1.69 bits per heavy atom. The minimum Gasteiger partial charge on any atom is -0.481 e. The maximum absolute atomic E-state index is 12.9. The highest BCUT2D eigenvalue weighted by atomic mass is 16.5. The van der Waals surface area contributed by atoms with Gasteiger partial charge in [-0.2, -0.15) is 0 Å². The van der Waals surface area contributed by atoms with E-state index in [0.717, 1.165) is 24.0 Å². The third-order valence-corrected chi connectivity index (χ3v) is 7.34. The quantitative estimate of drug-likeness (QED) is 0.547. The minimum atomic E-state index is -0.882. The summed E-state index contributed by atoms with van der Waals surface area (Å²) in [7, 11) is 0. The number of hydrogen-bond acceptors (Lipinski definition) is 4. The molecule has 186 valence electrons. The van der Waals surface area contributed by atoms with Gasteiger partial charge in [-0.15, -0.1) is 0 Å². The fourth-order valence-electron chi connectivity index (χ4n) is 5.33. The number of carboxylic acid groups (broad SMARTS) is 1. The van der Waals surface area contributed by atoms with Gasteiger partial charge in [-0.05, 0) is 46.9 Å². The lowest BCUT2D eigenvalue weighted by molar-refractivity contribution is -0.140. The first-order valence-electron chi connectivity index (χ1n) is 12.4. The lowest BCUT2D eigenvalue weighted by Gasteiger charge is -2.27. The number of amides is 2. The van der Waals surface area contributed by atoms with Crippen molar-refractivity contribution in [2.45, 2.75) is 51.5 Å². The Bertz CT molecular complexity index is 1040. The van der Waals surface area contributed by atoms with Crippen LogP contribution in [0.4, 0.5) is 4.79 Å². The zero-order valence-corrected chi connectivity index (χ0v) is 20.4. The number of carbonyl (C=O) groups is 3. The highest BCUT2D eigenvalue weighted by Gasteiger charge is 2.32. The molecule has 1 aliphatic heterocycles. The van der Waals surface area contributed by atoms with E-state index >= 15 is 0 Å². The van der Waals surface area contributed by atoms with Crippen molar-refractivity contribution in [2.24, 2.45) is 11.8 Å². The maximum atomic E-state index is 12.9. The summed E-state index contributed by atoms with van der Waals surface area (Å²) in [5.41, 5.74) is 4.68. The molecule has 2 atom stereocenters. The van der Waals surface area contributed by atoms with Gasteiger partial charge in [0.25, 0.3) is 0 Å². The van der Waals surface area contributed by atoms with E-state index in [1.54, 1.807) is 4.90 Å². The van der Waals surface area contributed by atoms with E-state index in [1.165, 1.54) is 11.1 Å². The highest BCUT2D eigenvalue weighted by Crippen LogP contribution is 2.44. The largest absolute Gasteiger partial charge is 0.481 e. The van der Waals surface area contributed by atoms with Crippen LogP contribution in [0.2, 0.25) is 0 Å². The van der Waals surface area contributed by atoms with Crippen molar-refractivity contribution in [3.63, 3.8) is 0 Å². The van der Waals surface area contributed by atoms with Gasteiger partial charge in [0.1, 0.15) is 6.61 Å². The molecule has 1 heterocycles. The second kappa shape index (κ2) is 10.9. The van der Waals surface area contributed by atoms with Crippen molar-refractivity contribution in [1.29, 1.82) is 0 Å². The fraction of sp³-hybridized carbons (Fsp3) is 0.464. The first-order chi connectivity index (χ1) is 16.8. The van der Waals surface area contributed by atoms with E-state index in [9.17, 15) is 14.4 Å². The van der Waals surface area contributed by atoms with Gasteiger partial charge < -0.3 is 20.1 Å². The predicted octanol–water partition coefficient (Wildman–Crippen LogP) is 4.65. The van der Waals surface area contributed by atoms with Gasteiger partial charge >= 0.3 is 12.1 Å². The number of hydrogen-bond donors (Lipinski definition) is 2. The molecule has 0 saturated carbocycles. The Morgan fingerprint density at radius 3 is 2.29 bits per heavy atom. The number of aliphatic carboxylic acids is 1. The average molecular weight is 479 g/mol. The molecule has 0 bridgehead atoms. The van der Waals surface area contributed by atoms with Crippen molar-refractivity contribution in [3.8, 4) is 11.1 Å². The Balaban J connectivity index is 1.31. The van der Waals surface area contributed by atoms with Crippen LogP contribution in [-0.2, 0) is 14.3 Å². The second-order valence-corrected chi connectivity index (χ2v) is 9.90. The SMILES string of the molecule is CC(C)C(CNC(=O)OCC1c2ccccc2-c2ccccc21)CC(=O)N1CCC[C@@H]1CC(=O)O. The van der Waals surface area contributed by atoms with Gasteiger partial charge in [-0.1, -0.05) is 62.4 Å². The molecular weight excluding hydrogens is 444 g/mol. The topological polar surface area (TPSA) is 95.9 Å². The van der Waals surface area contributed by atoms with Crippen LogP contribution in [0.1, 0.15) is 56.6 Å². The Morgan fingerprint density at radius 1 is 1.06 bits per heavy atom. The number of carboxylic acids is 1. The van der Waals surface area contributed by atoms with Crippen LogP contribution >= 0.6 is 0 Å². The number of ether oxygens (including phenoxy) is 1. The zero-order chi connectivity index (χ0) is 24.9. The Labute approximate surface area is 206 Å². The molecule has 4 rings (SSSR count). The molecule has 0 radical (unpaired) electrons. The standard InChI is InChI=1S/C28H34N2O5/c1-18(2)19(14-26(31)30-13-7-8-20(30)15-27(32)33)16-29-28(34)35-17-25-23-11-5-3-9-21(23)22-10-4-6-12-24(22)25/h3-6,9-12,18-20,25H,7-8,13-17H2,1-2H3,(H,29,34)(H,32,33)/t19?,20-/m1/s1. The number of alkyl carbamates (subject to hydrolysis) is 1. The van der Waals surface area contributed by atoms with Crippen LogP contribution < -0.4 is 5.32 Å². The molecule has 1 saturated heterocycles. The van der Waals surface area contributed by atoms with Gasteiger partial charge in [0.15, 0.2) is 0 Å². The van der Waals surface area contributed by atoms with Crippen molar-refractivity contribution in [3.05, 3.63) is 59.7 Å². The predicted molar refractivity (Wildman–Crippen MR) is 133 cm³/mol. The normalized spacial score (nSPS) is 17.7. The summed E-state index contributed by atoms with van der Waals surface area (Å²) < 4.78 is 5.62. The van der Waals surface area contributed by atoms with E-state index in [1.807, 2.05) is 38.1 Å². The van der Waals surface area contributed by atoms with E-state index in [0.29, 0.717) is 13.1 Å². The molecule has 2 amide bonds. The third-order valence-electron chi connectivity index (χ3n) is 7.34. The first kappa shape index (κ1) is 24.8. The van der Waals surface area contributed by atoms with Crippen molar-refractivity contribution in [1.82, 2.24) is 10.2 Å². The second-order valence-electron chi connectivity index (χ2n) is 9.90. The third kappa shape index (κ3) is 5.66. The molecule has 1 aliphatic carbocycles. The van der Waals surface area contributed by atoms with Crippen LogP contribution in [0.3, 0.4) is 0 Å². The van der Waals surface area contributed by atoms with Gasteiger partial charge in [0.05, 0.1) is 6.42 Å². The number of nitrogens with zero attached hydrogens (tertiary/aromatic N) is 1. The number of benzene rings is 2. The maximum Gasteiger partial charge on any atom is 0.407 e. The van der Waals surface area contributed by atoms with Crippen molar-refractivity contribution >= 4 is 18.0 Å². The molecule has 0 spiro atoms. The summed E-state index contributed by atoms with van der Waals surface area (Å²) >= 11 is 0. The van der Waals surface area contributed by atoms with Gasteiger partial charge in [0, 0.05) is 31.5 Å². The minimum absolute atomic E-state index is 0.00282. The number of nitrogens with one attached hydrogen (secondary N) is 1. The lowest BCUT2D eigenvalue weighted by Crippen LogP contribution is -2.40. The van der Waals surface area contributed by atoms with Crippen molar-refractivity contribution in [2.75, 3.05) is 19.7 Å². The summed E-state index contributed by atoms with van der Waals surface area (Å²) in [6, 6.07) is 16.2. The van der Waals surface area contributed by atoms with Crippen LogP contribution in [-0.4, -0.2) is 53.7 Å². The number of likely N-dealkylation sites (tertiary alicyclic amines) is 1. The molecule has 7 heteroatoms. The van der Waals surface area contributed by atoms with E-state index in [4.69, 9.17) is 9.84 Å². The highest BCUT2D eigenvalue weighted by molar-refractivity contribution is 5.79. The van der Waals surface area contributed by atoms with Crippen LogP contribution in [0.15, 0.2) is 48.5 Å². The van der Waals surface area contributed by atoms with E-state index in [2.05, 4.69) is 29.6 Å². The van der Waals surface area contributed by atoms with Gasteiger partial charge in [0.2, 0.25) is 5.91 Å². The average Bonchev–Trinajstić information content (AvgIpc) is 3.42. The molecular formula is C28H34N2O5. The van der Waals surface area contributed by atoms with Crippen LogP contribution in [0, 0.1) is 11.8 Å². The van der Waals surface area contributed by atoms with Crippen molar-refractivity contribution < 1.29 is 24.2 Å². The summed E-state index contributed by atoms with van der Waals surface area (Å²) in [4.78, 5) is 38.3. The lowest BCUT2D eigenvalue weighted by atomic mass is 9.91. The molecule has 2 aliphatic rings. The summed E-state index contributed by atoms with van der Waals surface area (Å²) in [5.74, 6) is -0.812. The monoisotopic (exact) mass is 478 g/mol. The molecule has 2 N–H and O–H groups in total. The summed E-state index contributed by atoms with van der Waals surface area (Å²) in [6.07, 6.45) is 1.32.